The number of nitrogens with zero attached hydrogens (tertiary/aromatic N) is 3. The van der Waals surface area contributed by atoms with Crippen LogP contribution in [0.25, 0.3) is 16.6 Å². The first kappa shape index (κ1) is 9.84. The van der Waals surface area contributed by atoms with E-state index >= 15 is 0 Å². The lowest BCUT2D eigenvalue weighted by Gasteiger charge is -2.07. The Hall–Kier alpha value is -2.36. The molecule has 0 fully saturated rings. The maximum atomic E-state index is 5.92. The quantitative estimate of drug-likeness (QED) is 0.645. The minimum Gasteiger partial charge on any atom is -0.397 e. The van der Waals surface area contributed by atoms with Crippen LogP contribution in [0.2, 0.25) is 0 Å². The van der Waals surface area contributed by atoms with E-state index in [0.29, 0.717) is 5.69 Å². The third-order valence-corrected chi connectivity index (χ3v) is 2.75. The number of anilines is 1. The zero-order valence-electron chi connectivity index (χ0n) is 9.46. The summed E-state index contributed by atoms with van der Waals surface area (Å²) in [4.78, 5) is 4.31. The minimum atomic E-state index is 0.688. The number of hydrogen-bond acceptors (Lipinski definition) is 3. The molecule has 0 aliphatic carbocycles. The Labute approximate surface area is 98.7 Å². The van der Waals surface area contributed by atoms with Crippen molar-refractivity contribution in [2.75, 3.05) is 5.73 Å². The van der Waals surface area contributed by atoms with Crippen molar-refractivity contribution in [1.29, 1.82) is 0 Å². The fourth-order valence-corrected chi connectivity index (χ4v) is 1.93. The predicted molar refractivity (Wildman–Crippen MR) is 68.0 cm³/mol. The molecule has 1 aromatic carbocycles. The van der Waals surface area contributed by atoms with E-state index in [1.54, 1.807) is 6.20 Å². The molecule has 4 nitrogen and oxygen atoms in total. The van der Waals surface area contributed by atoms with Gasteiger partial charge in [-0.1, -0.05) is 0 Å². The molecule has 0 spiro atoms. The monoisotopic (exact) mass is 224 g/mol. The minimum absolute atomic E-state index is 0.688. The average molecular weight is 224 g/mol. The van der Waals surface area contributed by atoms with Crippen LogP contribution < -0.4 is 5.73 Å². The summed E-state index contributed by atoms with van der Waals surface area (Å²) in [6, 6.07) is 9.71. The second-order valence-electron chi connectivity index (χ2n) is 3.98. The molecule has 4 heteroatoms. The van der Waals surface area contributed by atoms with Crippen molar-refractivity contribution < 1.29 is 0 Å². The Kier molecular flexibility index (Phi) is 2.08. The molecule has 0 aliphatic heterocycles. The van der Waals surface area contributed by atoms with Gasteiger partial charge >= 0.3 is 0 Å². The maximum Gasteiger partial charge on any atom is 0.0952 e. The van der Waals surface area contributed by atoms with E-state index < -0.39 is 0 Å². The molecule has 3 aromatic rings. The second-order valence-corrected chi connectivity index (χ2v) is 3.98. The lowest BCUT2D eigenvalue weighted by Crippen LogP contribution is -1.99. The second kappa shape index (κ2) is 3.59. The van der Waals surface area contributed by atoms with Crippen molar-refractivity contribution in [3.8, 4) is 5.69 Å². The van der Waals surface area contributed by atoms with E-state index in [4.69, 9.17) is 5.73 Å². The largest absolute Gasteiger partial charge is 0.397 e. The topological polar surface area (TPSA) is 56.7 Å². The van der Waals surface area contributed by atoms with E-state index in [2.05, 4.69) is 10.1 Å². The highest BCUT2D eigenvalue weighted by Gasteiger charge is 2.06. The highest BCUT2D eigenvalue weighted by molar-refractivity contribution is 5.95. The van der Waals surface area contributed by atoms with Gasteiger partial charge in [-0.05, 0) is 37.3 Å². The summed E-state index contributed by atoms with van der Waals surface area (Å²) in [6.45, 7) is 1.97. The lowest BCUT2D eigenvalue weighted by molar-refractivity contribution is 0.869. The molecule has 2 N–H and O–H groups in total. The van der Waals surface area contributed by atoms with Gasteiger partial charge < -0.3 is 5.73 Å². The van der Waals surface area contributed by atoms with E-state index in [1.807, 2.05) is 48.1 Å². The zero-order chi connectivity index (χ0) is 11.8. The molecule has 0 saturated carbocycles. The molecular weight excluding hydrogens is 212 g/mol. The molecule has 2 aromatic heterocycles. The van der Waals surface area contributed by atoms with Crippen molar-refractivity contribution in [3.05, 3.63) is 48.4 Å². The van der Waals surface area contributed by atoms with Crippen LogP contribution in [-0.4, -0.2) is 14.8 Å². The van der Waals surface area contributed by atoms with Crippen molar-refractivity contribution in [2.45, 2.75) is 6.92 Å². The molecule has 17 heavy (non-hydrogen) atoms. The van der Waals surface area contributed by atoms with Crippen molar-refractivity contribution in [3.63, 3.8) is 0 Å². The fourth-order valence-electron chi connectivity index (χ4n) is 1.93. The summed E-state index contributed by atoms with van der Waals surface area (Å²) in [7, 11) is 0. The molecule has 0 aliphatic rings. The molecule has 0 unspecified atom stereocenters. The molecule has 0 bridgehead atoms. The molecular formula is C13H12N4. The van der Waals surface area contributed by atoms with Crippen LogP contribution in [-0.2, 0) is 0 Å². The number of hydrogen-bond donors (Lipinski definition) is 1. The first-order valence-electron chi connectivity index (χ1n) is 5.41. The highest BCUT2D eigenvalue weighted by Crippen LogP contribution is 2.24. The van der Waals surface area contributed by atoms with Crippen LogP contribution in [0.5, 0.6) is 0 Å². The summed E-state index contributed by atoms with van der Waals surface area (Å²) in [5.41, 5.74) is 9.40. The SMILES string of the molecule is Cc1ccn(-c2ccc(N)c3ncccc23)n1. The first-order valence-corrected chi connectivity index (χ1v) is 5.41. The van der Waals surface area contributed by atoms with Gasteiger partial charge in [0.1, 0.15) is 0 Å². The standard InChI is InChI=1S/C13H12N4/c1-9-6-8-17(16-9)12-5-4-11(14)13-10(12)3-2-7-15-13/h2-8H,14H2,1H3. The van der Waals surface area contributed by atoms with E-state index in [-0.39, 0.29) is 0 Å². The van der Waals surface area contributed by atoms with Gasteiger partial charge in [0.05, 0.1) is 22.6 Å². The van der Waals surface area contributed by atoms with Crippen molar-refractivity contribution in [1.82, 2.24) is 14.8 Å². The van der Waals surface area contributed by atoms with Crippen LogP contribution in [0.4, 0.5) is 5.69 Å². The number of aryl methyl sites for hydroxylation is 1. The summed E-state index contributed by atoms with van der Waals surface area (Å²) < 4.78 is 1.85. The molecule has 2 heterocycles. The fraction of sp³-hybridized carbons (Fsp3) is 0.0769. The third-order valence-electron chi connectivity index (χ3n) is 2.75. The van der Waals surface area contributed by atoms with Gasteiger partial charge in [-0.25, -0.2) is 4.68 Å². The lowest BCUT2D eigenvalue weighted by atomic mass is 10.1. The smallest absolute Gasteiger partial charge is 0.0952 e. The molecule has 0 atom stereocenters. The van der Waals surface area contributed by atoms with Gasteiger partial charge in [0, 0.05) is 17.8 Å². The van der Waals surface area contributed by atoms with Crippen LogP contribution in [0, 0.1) is 6.92 Å². The summed E-state index contributed by atoms with van der Waals surface area (Å²) in [5, 5.41) is 5.42. The predicted octanol–water partition coefficient (Wildman–Crippen LogP) is 2.31. The van der Waals surface area contributed by atoms with Gasteiger partial charge in [0.15, 0.2) is 0 Å². The molecule has 0 radical (unpaired) electrons. The number of aromatic nitrogens is 3. The van der Waals surface area contributed by atoms with E-state index in [0.717, 1.165) is 22.3 Å². The van der Waals surface area contributed by atoms with Gasteiger partial charge in [0.25, 0.3) is 0 Å². The van der Waals surface area contributed by atoms with Gasteiger partial charge in [0.2, 0.25) is 0 Å². The number of benzene rings is 1. The van der Waals surface area contributed by atoms with Crippen LogP contribution >= 0.6 is 0 Å². The Morgan fingerprint density at radius 3 is 2.82 bits per heavy atom. The van der Waals surface area contributed by atoms with Crippen LogP contribution in [0.1, 0.15) is 5.69 Å². The summed E-state index contributed by atoms with van der Waals surface area (Å²) in [5.74, 6) is 0. The van der Waals surface area contributed by atoms with Gasteiger partial charge in [-0.3, -0.25) is 4.98 Å². The number of rotatable bonds is 1. The molecule has 84 valence electrons. The molecule has 0 amide bonds. The Morgan fingerprint density at radius 2 is 2.06 bits per heavy atom. The summed E-state index contributed by atoms with van der Waals surface area (Å²) >= 11 is 0. The number of pyridine rings is 1. The maximum absolute atomic E-state index is 5.92. The normalized spacial score (nSPS) is 10.9. The zero-order valence-corrected chi connectivity index (χ0v) is 9.46. The van der Waals surface area contributed by atoms with Crippen LogP contribution in [0.15, 0.2) is 42.7 Å². The molecule has 3 rings (SSSR count). The van der Waals surface area contributed by atoms with Gasteiger partial charge in [-0.15, -0.1) is 0 Å². The number of fused-ring (bicyclic) bond motifs is 1. The number of nitrogen functional groups attached to an aromatic ring is 1. The average Bonchev–Trinajstić information content (AvgIpc) is 2.77. The molecule has 0 saturated heterocycles. The number of nitrogens with two attached hydrogens (primary N) is 1. The third kappa shape index (κ3) is 1.54. The first-order chi connectivity index (χ1) is 8.25. The summed E-state index contributed by atoms with van der Waals surface area (Å²) in [6.07, 6.45) is 3.68. The van der Waals surface area contributed by atoms with Crippen molar-refractivity contribution >= 4 is 16.6 Å². The van der Waals surface area contributed by atoms with E-state index in [9.17, 15) is 0 Å². The Morgan fingerprint density at radius 1 is 1.18 bits per heavy atom. The highest BCUT2D eigenvalue weighted by atomic mass is 15.3. The van der Waals surface area contributed by atoms with Crippen molar-refractivity contribution in [2.24, 2.45) is 0 Å². The van der Waals surface area contributed by atoms with E-state index in [1.165, 1.54) is 0 Å². The van der Waals surface area contributed by atoms with Gasteiger partial charge in [-0.2, -0.15) is 5.10 Å². The Balaban J connectivity index is 2.34. The van der Waals surface area contributed by atoms with Crippen LogP contribution in [0.3, 0.4) is 0 Å². The Bertz CT molecular complexity index is 685.